The van der Waals surface area contributed by atoms with Gasteiger partial charge in [0.15, 0.2) is 0 Å². The number of thiazole rings is 1. The average molecular weight is 294 g/mol. The van der Waals surface area contributed by atoms with Gasteiger partial charge in [-0.05, 0) is 31.2 Å². The van der Waals surface area contributed by atoms with Crippen LogP contribution in [0.3, 0.4) is 0 Å². The quantitative estimate of drug-likeness (QED) is 0.859. The second kappa shape index (κ2) is 5.99. The van der Waals surface area contributed by atoms with Crippen LogP contribution in [0.2, 0.25) is 0 Å². The number of nitrogens with zero attached hydrogens (tertiary/aromatic N) is 1. The zero-order valence-electron chi connectivity index (χ0n) is 10.7. The zero-order chi connectivity index (χ0) is 13.8. The van der Waals surface area contributed by atoms with Crippen molar-refractivity contribution in [2.75, 3.05) is 7.11 Å². The Hall–Kier alpha value is -1.66. The maximum Gasteiger partial charge on any atom is 0.140 e. The maximum absolute atomic E-state index is 5.65. The molecule has 0 aliphatic carbocycles. The monoisotopic (exact) mass is 294 g/mol. The Bertz CT molecular complexity index is 579. The topological polar surface area (TPSA) is 57.4 Å². The number of ether oxygens (including phenoxy) is 2. The fourth-order valence-corrected chi connectivity index (χ4v) is 2.66. The first kappa shape index (κ1) is 13.8. The van der Waals surface area contributed by atoms with Crippen LogP contribution in [0, 0.1) is 6.92 Å². The summed E-state index contributed by atoms with van der Waals surface area (Å²) >= 11 is 6.43. The molecule has 0 saturated heterocycles. The minimum Gasteiger partial charge on any atom is -0.497 e. The first-order valence-corrected chi connectivity index (χ1v) is 6.85. The van der Waals surface area contributed by atoms with Crippen molar-refractivity contribution in [1.82, 2.24) is 4.98 Å². The van der Waals surface area contributed by atoms with E-state index in [4.69, 9.17) is 27.4 Å². The molecule has 0 bridgehead atoms. The van der Waals surface area contributed by atoms with Gasteiger partial charge >= 0.3 is 0 Å². The molecule has 0 atom stereocenters. The van der Waals surface area contributed by atoms with Crippen molar-refractivity contribution < 1.29 is 9.47 Å². The fraction of sp³-hybridized carbons (Fsp3) is 0.231. The molecular weight excluding hydrogens is 280 g/mol. The van der Waals surface area contributed by atoms with Crippen LogP contribution < -0.4 is 15.2 Å². The summed E-state index contributed by atoms with van der Waals surface area (Å²) in [5, 5.41) is 0.858. The van der Waals surface area contributed by atoms with Crippen LogP contribution in [0.5, 0.6) is 11.5 Å². The van der Waals surface area contributed by atoms with E-state index in [1.165, 1.54) is 11.3 Å². The van der Waals surface area contributed by atoms with Crippen LogP contribution in [-0.4, -0.2) is 17.1 Å². The Labute approximate surface area is 121 Å². The number of nitrogens with two attached hydrogens (primary N) is 1. The van der Waals surface area contributed by atoms with E-state index in [0.717, 1.165) is 27.1 Å². The summed E-state index contributed by atoms with van der Waals surface area (Å²) in [6.07, 6.45) is 0. The molecule has 2 rings (SSSR count). The molecule has 2 aromatic rings. The van der Waals surface area contributed by atoms with Crippen molar-refractivity contribution >= 4 is 28.5 Å². The number of benzene rings is 1. The molecule has 6 heteroatoms. The SMILES string of the molecule is COc1ccc(OCc2nc(C)c(C(N)=S)s2)cc1. The molecule has 100 valence electrons. The van der Waals surface area contributed by atoms with Gasteiger partial charge in [-0.15, -0.1) is 11.3 Å². The normalized spacial score (nSPS) is 10.2. The number of hydrogen-bond donors (Lipinski definition) is 1. The summed E-state index contributed by atoms with van der Waals surface area (Å²) in [4.78, 5) is 5.61. The Kier molecular flexibility index (Phi) is 4.34. The number of aromatic nitrogens is 1. The van der Waals surface area contributed by atoms with Crippen molar-refractivity contribution in [3.8, 4) is 11.5 Å². The first-order chi connectivity index (χ1) is 9.10. The van der Waals surface area contributed by atoms with Crippen molar-refractivity contribution in [2.24, 2.45) is 5.73 Å². The molecule has 0 unspecified atom stereocenters. The van der Waals surface area contributed by atoms with Gasteiger partial charge in [-0.25, -0.2) is 4.98 Å². The second-order valence-electron chi connectivity index (χ2n) is 3.85. The van der Waals surface area contributed by atoms with E-state index in [-0.39, 0.29) is 0 Å². The molecule has 0 aliphatic heterocycles. The highest BCUT2D eigenvalue weighted by Crippen LogP contribution is 2.21. The molecule has 0 radical (unpaired) electrons. The van der Waals surface area contributed by atoms with Crippen LogP contribution in [0.4, 0.5) is 0 Å². The summed E-state index contributed by atoms with van der Waals surface area (Å²) in [5.74, 6) is 1.57. The van der Waals surface area contributed by atoms with Crippen LogP contribution >= 0.6 is 23.6 Å². The summed E-state index contributed by atoms with van der Waals surface area (Å²) in [6.45, 7) is 2.29. The molecule has 1 aromatic carbocycles. The van der Waals surface area contributed by atoms with E-state index in [1.54, 1.807) is 7.11 Å². The van der Waals surface area contributed by atoms with Gasteiger partial charge in [0.25, 0.3) is 0 Å². The van der Waals surface area contributed by atoms with Gasteiger partial charge in [-0.3, -0.25) is 0 Å². The predicted octanol–water partition coefficient (Wildman–Crippen LogP) is 2.67. The number of hydrogen-bond acceptors (Lipinski definition) is 5. The van der Waals surface area contributed by atoms with Gasteiger partial charge in [0, 0.05) is 0 Å². The standard InChI is InChI=1S/C13H14N2O2S2/c1-8-12(13(14)18)19-11(15-8)7-17-10-5-3-9(16-2)4-6-10/h3-6H,7H2,1-2H3,(H2,14,18). The number of aryl methyl sites for hydroxylation is 1. The third-order valence-electron chi connectivity index (χ3n) is 2.49. The molecule has 1 heterocycles. The fourth-order valence-electron chi connectivity index (χ4n) is 1.56. The highest BCUT2D eigenvalue weighted by atomic mass is 32.1. The molecule has 0 amide bonds. The Morgan fingerprint density at radius 2 is 1.95 bits per heavy atom. The molecule has 19 heavy (non-hydrogen) atoms. The lowest BCUT2D eigenvalue weighted by atomic mass is 10.3. The van der Waals surface area contributed by atoms with Gasteiger partial charge < -0.3 is 15.2 Å². The van der Waals surface area contributed by atoms with Gasteiger partial charge in [-0.2, -0.15) is 0 Å². The molecule has 1 aromatic heterocycles. The van der Waals surface area contributed by atoms with Gasteiger partial charge in [0.2, 0.25) is 0 Å². The average Bonchev–Trinajstić information content (AvgIpc) is 2.78. The summed E-state index contributed by atoms with van der Waals surface area (Å²) in [7, 11) is 1.63. The predicted molar refractivity (Wildman–Crippen MR) is 80.1 cm³/mol. The number of rotatable bonds is 5. The van der Waals surface area contributed by atoms with Crippen molar-refractivity contribution in [3.05, 3.63) is 39.8 Å². The van der Waals surface area contributed by atoms with Gasteiger partial charge in [-0.1, -0.05) is 12.2 Å². The first-order valence-electron chi connectivity index (χ1n) is 5.63. The lowest BCUT2D eigenvalue weighted by Gasteiger charge is -2.04. The highest BCUT2D eigenvalue weighted by Gasteiger charge is 2.10. The molecule has 2 N–H and O–H groups in total. The zero-order valence-corrected chi connectivity index (χ0v) is 12.3. The van der Waals surface area contributed by atoms with Crippen LogP contribution in [-0.2, 0) is 6.61 Å². The largest absolute Gasteiger partial charge is 0.497 e. The molecule has 0 spiro atoms. The third kappa shape index (κ3) is 3.42. The summed E-state index contributed by atoms with van der Waals surface area (Å²) in [5.41, 5.74) is 6.47. The van der Waals surface area contributed by atoms with E-state index in [0.29, 0.717) is 11.6 Å². The summed E-state index contributed by atoms with van der Waals surface area (Å²) in [6, 6.07) is 7.41. The minimum absolute atomic E-state index is 0.380. The van der Waals surface area contributed by atoms with Gasteiger partial charge in [0.05, 0.1) is 17.7 Å². The molecular formula is C13H14N2O2S2. The van der Waals surface area contributed by atoms with Crippen LogP contribution in [0.25, 0.3) is 0 Å². The minimum atomic E-state index is 0.380. The van der Waals surface area contributed by atoms with E-state index < -0.39 is 0 Å². The van der Waals surface area contributed by atoms with E-state index in [1.807, 2.05) is 31.2 Å². The van der Waals surface area contributed by atoms with E-state index >= 15 is 0 Å². The molecule has 0 aliphatic rings. The number of thiocarbonyl (C=S) groups is 1. The lowest BCUT2D eigenvalue weighted by molar-refractivity contribution is 0.304. The maximum atomic E-state index is 5.65. The lowest BCUT2D eigenvalue weighted by Crippen LogP contribution is -2.08. The van der Waals surface area contributed by atoms with E-state index in [2.05, 4.69) is 4.98 Å². The van der Waals surface area contributed by atoms with E-state index in [9.17, 15) is 0 Å². The van der Waals surface area contributed by atoms with Crippen LogP contribution in [0.15, 0.2) is 24.3 Å². The Balaban J connectivity index is 2.01. The molecule has 0 fully saturated rings. The van der Waals surface area contributed by atoms with Crippen LogP contribution in [0.1, 0.15) is 15.6 Å². The smallest absolute Gasteiger partial charge is 0.140 e. The molecule has 4 nitrogen and oxygen atoms in total. The highest BCUT2D eigenvalue weighted by molar-refractivity contribution is 7.81. The Morgan fingerprint density at radius 3 is 2.47 bits per heavy atom. The number of methoxy groups -OCH3 is 1. The van der Waals surface area contributed by atoms with Crippen molar-refractivity contribution in [3.63, 3.8) is 0 Å². The summed E-state index contributed by atoms with van der Waals surface area (Å²) < 4.78 is 10.7. The van der Waals surface area contributed by atoms with Crippen molar-refractivity contribution in [2.45, 2.75) is 13.5 Å². The second-order valence-corrected chi connectivity index (χ2v) is 5.37. The van der Waals surface area contributed by atoms with Gasteiger partial charge in [0.1, 0.15) is 28.1 Å². The molecule has 0 saturated carbocycles. The third-order valence-corrected chi connectivity index (χ3v) is 3.98. The van der Waals surface area contributed by atoms with Crippen molar-refractivity contribution in [1.29, 1.82) is 0 Å². The Morgan fingerprint density at radius 1 is 1.32 bits per heavy atom.